The highest BCUT2D eigenvalue weighted by atomic mass is 79.9. The Labute approximate surface area is 129 Å². The minimum atomic E-state index is 0.573. The summed E-state index contributed by atoms with van der Waals surface area (Å²) in [5.74, 6) is 2.13. The third-order valence-corrected chi connectivity index (χ3v) is 4.79. The van der Waals surface area contributed by atoms with Crippen LogP contribution in [0.4, 0.5) is 0 Å². The fourth-order valence-corrected chi connectivity index (χ4v) is 3.29. The Kier molecular flexibility index (Phi) is 5.29. The zero-order valence-electron chi connectivity index (χ0n) is 12.4. The molecule has 2 unspecified atom stereocenters. The van der Waals surface area contributed by atoms with Crippen molar-refractivity contribution in [1.29, 1.82) is 0 Å². The molecule has 0 aromatic heterocycles. The van der Waals surface area contributed by atoms with Crippen molar-refractivity contribution in [2.75, 3.05) is 27.3 Å². The van der Waals surface area contributed by atoms with Gasteiger partial charge in [-0.25, -0.2) is 0 Å². The topological polar surface area (TPSA) is 47.7 Å². The number of nitrogens with two attached hydrogens (primary N) is 1. The van der Waals surface area contributed by atoms with Crippen LogP contribution in [0.25, 0.3) is 0 Å². The monoisotopic (exact) mass is 342 g/mol. The Hall–Kier alpha value is -0.780. The van der Waals surface area contributed by atoms with E-state index in [1.807, 2.05) is 12.1 Å². The van der Waals surface area contributed by atoms with Crippen molar-refractivity contribution >= 4 is 15.9 Å². The van der Waals surface area contributed by atoms with Gasteiger partial charge in [0, 0.05) is 23.6 Å². The summed E-state index contributed by atoms with van der Waals surface area (Å²) < 4.78 is 11.7. The van der Waals surface area contributed by atoms with Crippen molar-refractivity contribution in [2.45, 2.75) is 25.9 Å². The number of nitrogens with zero attached hydrogens (tertiary/aromatic N) is 1. The molecule has 0 bridgehead atoms. The van der Waals surface area contributed by atoms with Gasteiger partial charge in [0.25, 0.3) is 0 Å². The lowest BCUT2D eigenvalue weighted by atomic mass is 10.1. The lowest BCUT2D eigenvalue weighted by Gasteiger charge is -2.22. The molecular formula is C15H23BrN2O2. The first-order valence-electron chi connectivity index (χ1n) is 6.93. The van der Waals surface area contributed by atoms with Gasteiger partial charge in [0.05, 0.1) is 14.2 Å². The van der Waals surface area contributed by atoms with E-state index in [-0.39, 0.29) is 0 Å². The standard InChI is InChI=1S/C15H23BrN2O2/c1-10-4-11(7-17)8-18(10)9-12-5-14(19-2)15(20-3)6-13(12)16/h5-6,10-11H,4,7-9,17H2,1-3H3. The van der Waals surface area contributed by atoms with Gasteiger partial charge in [-0.1, -0.05) is 15.9 Å². The van der Waals surface area contributed by atoms with Gasteiger partial charge in [-0.05, 0) is 43.5 Å². The highest BCUT2D eigenvalue weighted by molar-refractivity contribution is 9.10. The van der Waals surface area contributed by atoms with Crippen molar-refractivity contribution in [3.63, 3.8) is 0 Å². The van der Waals surface area contributed by atoms with Crippen LogP contribution in [0.2, 0.25) is 0 Å². The maximum Gasteiger partial charge on any atom is 0.161 e. The Morgan fingerprint density at radius 3 is 2.50 bits per heavy atom. The number of hydrogen-bond donors (Lipinski definition) is 1. The Balaban J connectivity index is 2.17. The molecule has 0 saturated carbocycles. The average molecular weight is 343 g/mol. The minimum absolute atomic E-state index is 0.573. The Bertz CT molecular complexity index is 467. The lowest BCUT2D eigenvalue weighted by Crippen LogP contribution is -2.27. The number of ether oxygens (including phenoxy) is 2. The normalized spacial score (nSPS) is 23.1. The van der Waals surface area contributed by atoms with Gasteiger partial charge in [-0.2, -0.15) is 0 Å². The summed E-state index contributed by atoms with van der Waals surface area (Å²) >= 11 is 3.62. The van der Waals surface area contributed by atoms with Gasteiger partial charge in [0.15, 0.2) is 11.5 Å². The fourth-order valence-electron chi connectivity index (χ4n) is 2.84. The van der Waals surface area contributed by atoms with E-state index in [2.05, 4.69) is 27.8 Å². The molecular weight excluding hydrogens is 320 g/mol. The van der Waals surface area contributed by atoms with Crippen LogP contribution < -0.4 is 15.2 Å². The summed E-state index contributed by atoms with van der Waals surface area (Å²) in [4.78, 5) is 2.48. The van der Waals surface area contributed by atoms with Crippen LogP contribution in [0.15, 0.2) is 16.6 Å². The first-order chi connectivity index (χ1) is 9.58. The van der Waals surface area contributed by atoms with E-state index >= 15 is 0 Å². The first-order valence-corrected chi connectivity index (χ1v) is 7.72. The molecule has 112 valence electrons. The molecule has 2 atom stereocenters. The quantitative estimate of drug-likeness (QED) is 0.893. The zero-order chi connectivity index (χ0) is 14.7. The first kappa shape index (κ1) is 15.6. The lowest BCUT2D eigenvalue weighted by molar-refractivity contribution is 0.254. The SMILES string of the molecule is COc1cc(Br)c(CN2CC(CN)CC2C)cc1OC. The molecule has 0 aliphatic carbocycles. The second-order valence-corrected chi connectivity index (χ2v) is 6.27. The molecule has 0 radical (unpaired) electrons. The molecule has 1 saturated heterocycles. The molecule has 2 rings (SSSR count). The molecule has 2 N–H and O–H groups in total. The smallest absolute Gasteiger partial charge is 0.161 e. The molecule has 1 heterocycles. The van der Waals surface area contributed by atoms with E-state index in [0.717, 1.165) is 35.6 Å². The number of benzene rings is 1. The van der Waals surface area contributed by atoms with Crippen LogP contribution in [0, 0.1) is 5.92 Å². The summed E-state index contributed by atoms with van der Waals surface area (Å²) in [7, 11) is 3.32. The highest BCUT2D eigenvalue weighted by Gasteiger charge is 2.28. The summed E-state index contributed by atoms with van der Waals surface area (Å²) in [6.07, 6.45) is 1.18. The van der Waals surface area contributed by atoms with Crippen LogP contribution >= 0.6 is 15.9 Å². The number of likely N-dealkylation sites (tertiary alicyclic amines) is 1. The van der Waals surface area contributed by atoms with Crippen molar-refractivity contribution in [3.8, 4) is 11.5 Å². The number of halogens is 1. The van der Waals surface area contributed by atoms with E-state index in [1.165, 1.54) is 12.0 Å². The van der Waals surface area contributed by atoms with Crippen LogP contribution in [-0.2, 0) is 6.54 Å². The molecule has 0 spiro atoms. The van der Waals surface area contributed by atoms with E-state index in [0.29, 0.717) is 12.0 Å². The van der Waals surface area contributed by atoms with Crippen molar-refractivity contribution in [1.82, 2.24) is 4.90 Å². The van der Waals surface area contributed by atoms with Gasteiger partial charge in [0.2, 0.25) is 0 Å². The third-order valence-electron chi connectivity index (χ3n) is 4.05. The number of rotatable bonds is 5. The van der Waals surface area contributed by atoms with E-state index < -0.39 is 0 Å². The van der Waals surface area contributed by atoms with Crippen LogP contribution in [0.3, 0.4) is 0 Å². The summed E-state index contributed by atoms with van der Waals surface area (Å²) in [5.41, 5.74) is 7.01. The largest absolute Gasteiger partial charge is 0.493 e. The molecule has 1 aromatic rings. The van der Waals surface area contributed by atoms with Gasteiger partial charge in [-0.15, -0.1) is 0 Å². The van der Waals surface area contributed by atoms with Gasteiger partial charge < -0.3 is 15.2 Å². The van der Waals surface area contributed by atoms with Crippen LogP contribution in [0.1, 0.15) is 18.9 Å². The van der Waals surface area contributed by atoms with Gasteiger partial charge >= 0.3 is 0 Å². The molecule has 1 aliphatic rings. The average Bonchev–Trinajstić information content (AvgIpc) is 2.81. The zero-order valence-corrected chi connectivity index (χ0v) is 13.9. The molecule has 4 nitrogen and oxygen atoms in total. The second-order valence-electron chi connectivity index (χ2n) is 5.41. The van der Waals surface area contributed by atoms with Crippen LogP contribution in [0.5, 0.6) is 11.5 Å². The van der Waals surface area contributed by atoms with E-state index in [1.54, 1.807) is 14.2 Å². The van der Waals surface area contributed by atoms with Crippen molar-refractivity contribution in [2.24, 2.45) is 11.7 Å². The van der Waals surface area contributed by atoms with E-state index in [9.17, 15) is 0 Å². The fraction of sp³-hybridized carbons (Fsp3) is 0.600. The molecule has 1 aliphatic heterocycles. The number of hydrogen-bond acceptors (Lipinski definition) is 4. The van der Waals surface area contributed by atoms with Gasteiger partial charge in [-0.3, -0.25) is 4.90 Å². The third kappa shape index (κ3) is 3.27. The molecule has 20 heavy (non-hydrogen) atoms. The maximum absolute atomic E-state index is 5.79. The molecule has 1 fully saturated rings. The summed E-state index contributed by atoms with van der Waals surface area (Å²) in [6.45, 7) is 5.01. The molecule has 1 aromatic carbocycles. The Morgan fingerprint density at radius 1 is 1.30 bits per heavy atom. The molecule has 0 amide bonds. The number of methoxy groups -OCH3 is 2. The summed E-state index contributed by atoms with van der Waals surface area (Å²) in [5, 5.41) is 0. The van der Waals surface area contributed by atoms with Crippen molar-refractivity contribution < 1.29 is 9.47 Å². The maximum atomic E-state index is 5.79. The van der Waals surface area contributed by atoms with Gasteiger partial charge in [0.1, 0.15) is 0 Å². The second kappa shape index (κ2) is 6.78. The predicted molar refractivity (Wildman–Crippen MR) is 84.3 cm³/mol. The Morgan fingerprint density at radius 2 is 1.95 bits per heavy atom. The van der Waals surface area contributed by atoms with Crippen molar-refractivity contribution in [3.05, 3.63) is 22.2 Å². The predicted octanol–water partition coefficient (Wildman–Crippen LogP) is 2.64. The molecule has 5 heteroatoms. The summed E-state index contributed by atoms with van der Waals surface area (Å²) in [6, 6.07) is 4.59. The van der Waals surface area contributed by atoms with Crippen LogP contribution in [-0.4, -0.2) is 38.3 Å². The minimum Gasteiger partial charge on any atom is -0.493 e. The highest BCUT2D eigenvalue weighted by Crippen LogP contribution is 2.35. The van der Waals surface area contributed by atoms with E-state index in [4.69, 9.17) is 15.2 Å².